The number of nitrogens with one attached hydrogen (secondary N) is 1. The summed E-state index contributed by atoms with van der Waals surface area (Å²) in [5.41, 5.74) is -1.68. The van der Waals surface area contributed by atoms with Crippen LogP contribution in [-0.2, 0) is 11.3 Å². The SMILES string of the molecule is O=C(N[C@@]1(CO)C(O)O[C@H](CO)[C@@H](O)[C@@H]1O)c1cn(Cc2ccc3ccccc3c2)c2cc(F)cc(F)c12. The lowest BCUT2D eigenvalue weighted by Gasteiger charge is -2.48. The Hall–Kier alpha value is -3.45. The van der Waals surface area contributed by atoms with Gasteiger partial charge in [-0.15, -0.1) is 0 Å². The Labute approximate surface area is 215 Å². The summed E-state index contributed by atoms with van der Waals surface area (Å²) in [5, 5.41) is 54.8. The molecule has 0 spiro atoms. The third-order valence-electron chi connectivity index (χ3n) is 7.07. The molecule has 5 atom stereocenters. The van der Waals surface area contributed by atoms with Crippen molar-refractivity contribution in [3.05, 3.63) is 83.6 Å². The minimum absolute atomic E-state index is 0.0835. The molecule has 11 heteroatoms. The van der Waals surface area contributed by atoms with Gasteiger partial charge in [-0.1, -0.05) is 36.4 Å². The second-order valence-corrected chi connectivity index (χ2v) is 9.43. The van der Waals surface area contributed by atoms with Crippen molar-refractivity contribution < 1.29 is 43.8 Å². The van der Waals surface area contributed by atoms with Gasteiger partial charge in [0.2, 0.25) is 0 Å². The number of aromatic nitrogens is 1. The van der Waals surface area contributed by atoms with Crippen molar-refractivity contribution in [3.8, 4) is 0 Å². The molecule has 1 amide bonds. The Balaban J connectivity index is 1.54. The number of rotatable bonds is 6. The van der Waals surface area contributed by atoms with E-state index >= 15 is 4.39 Å². The summed E-state index contributed by atoms with van der Waals surface area (Å²) in [6.07, 6.45) is -5.82. The van der Waals surface area contributed by atoms with E-state index in [1.165, 1.54) is 10.8 Å². The third kappa shape index (κ3) is 4.33. The zero-order valence-corrected chi connectivity index (χ0v) is 20.0. The largest absolute Gasteiger partial charge is 0.394 e. The molecule has 2 heterocycles. The smallest absolute Gasteiger partial charge is 0.254 e. The minimum Gasteiger partial charge on any atom is -0.394 e. The second kappa shape index (κ2) is 10.0. The number of nitrogens with zero attached hydrogens (tertiary/aromatic N) is 1. The van der Waals surface area contributed by atoms with Crippen molar-refractivity contribution >= 4 is 27.6 Å². The van der Waals surface area contributed by atoms with Crippen LogP contribution in [0.4, 0.5) is 8.78 Å². The summed E-state index contributed by atoms with van der Waals surface area (Å²) >= 11 is 0. The third-order valence-corrected chi connectivity index (χ3v) is 7.07. The number of aliphatic hydroxyl groups is 5. The van der Waals surface area contributed by atoms with Gasteiger partial charge in [-0.2, -0.15) is 0 Å². The van der Waals surface area contributed by atoms with Gasteiger partial charge in [-0.25, -0.2) is 8.78 Å². The van der Waals surface area contributed by atoms with E-state index in [9.17, 15) is 34.7 Å². The van der Waals surface area contributed by atoms with Crippen LogP contribution in [0.5, 0.6) is 0 Å². The van der Waals surface area contributed by atoms with Crippen LogP contribution in [0, 0.1) is 11.6 Å². The van der Waals surface area contributed by atoms with Gasteiger partial charge in [0.25, 0.3) is 5.91 Å². The number of halogens is 2. The fraction of sp³-hybridized carbons (Fsp3) is 0.296. The fourth-order valence-electron chi connectivity index (χ4n) is 4.98. The number of fused-ring (bicyclic) bond motifs is 2. The van der Waals surface area contributed by atoms with Crippen LogP contribution in [0.3, 0.4) is 0 Å². The van der Waals surface area contributed by atoms with Crippen molar-refractivity contribution in [2.24, 2.45) is 0 Å². The maximum Gasteiger partial charge on any atom is 0.254 e. The number of hydrogen-bond acceptors (Lipinski definition) is 7. The van der Waals surface area contributed by atoms with E-state index in [0.717, 1.165) is 22.4 Å². The molecule has 4 aromatic rings. The maximum atomic E-state index is 15.0. The molecule has 5 rings (SSSR count). The van der Waals surface area contributed by atoms with Gasteiger partial charge >= 0.3 is 0 Å². The topological polar surface area (TPSA) is 144 Å². The lowest BCUT2D eigenvalue weighted by molar-refractivity contribution is -0.288. The van der Waals surface area contributed by atoms with Crippen LogP contribution in [0.15, 0.2) is 60.8 Å². The van der Waals surface area contributed by atoms with Gasteiger partial charge in [0.05, 0.1) is 24.3 Å². The fourth-order valence-corrected chi connectivity index (χ4v) is 4.98. The molecule has 1 unspecified atom stereocenters. The highest BCUT2D eigenvalue weighted by Crippen LogP contribution is 2.32. The average Bonchev–Trinajstić information content (AvgIpc) is 3.27. The monoisotopic (exact) mass is 528 g/mol. The molecule has 0 saturated carbocycles. The van der Waals surface area contributed by atoms with E-state index < -0.39 is 60.9 Å². The van der Waals surface area contributed by atoms with Crippen LogP contribution in [0.25, 0.3) is 21.7 Å². The van der Waals surface area contributed by atoms with Gasteiger partial charge in [0.1, 0.15) is 35.5 Å². The van der Waals surface area contributed by atoms with Gasteiger partial charge in [0, 0.05) is 24.2 Å². The van der Waals surface area contributed by atoms with Crippen LogP contribution < -0.4 is 5.32 Å². The van der Waals surface area contributed by atoms with E-state index in [4.69, 9.17) is 4.74 Å². The van der Waals surface area contributed by atoms with E-state index in [-0.39, 0.29) is 23.0 Å². The first kappa shape index (κ1) is 26.2. The number of aliphatic hydroxyl groups excluding tert-OH is 5. The molecule has 1 aliphatic heterocycles. The minimum atomic E-state index is -2.30. The second-order valence-electron chi connectivity index (χ2n) is 9.43. The van der Waals surface area contributed by atoms with Gasteiger partial charge in [0.15, 0.2) is 6.29 Å². The van der Waals surface area contributed by atoms with E-state index in [1.807, 2.05) is 42.5 Å². The lowest BCUT2D eigenvalue weighted by atomic mass is 9.83. The molecule has 0 bridgehead atoms. The number of amides is 1. The van der Waals surface area contributed by atoms with Crippen LogP contribution in [0.2, 0.25) is 0 Å². The van der Waals surface area contributed by atoms with Crippen molar-refractivity contribution in [3.63, 3.8) is 0 Å². The summed E-state index contributed by atoms with van der Waals surface area (Å²) < 4.78 is 35.8. The zero-order chi connectivity index (χ0) is 27.2. The first-order chi connectivity index (χ1) is 18.2. The van der Waals surface area contributed by atoms with Crippen LogP contribution >= 0.6 is 0 Å². The Kier molecular flexibility index (Phi) is 6.90. The lowest BCUT2D eigenvalue weighted by Crippen LogP contribution is -2.74. The van der Waals surface area contributed by atoms with Crippen LogP contribution in [0.1, 0.15) is 15.9 Å². The highest BCUT2D eigenvalue weighted by molar-refractivity contribution is 6.07. The molecular weight excluding hydrogens is 502 g/mol. The van der Waals surface area contributed by atoms with E-state index in [0.29, 0.717) is 6.07 Å². The summed E-state index contributed by atoms with van der Waals surface area (Å²) in [6, 6.07) is 15.1. The molecule has 6 N–H and O–H groups in total. The van der Waals surface area contributed by atoms with E-state index in [2.05, 4.69) is 5.32 Å². The Bertz CT molecular complexity index is 1510. The Morgan fingerprint density at radius 3 is 2.47 bits per heavy atom. The summed E-state index contributed by atoms with van der Waals surface area (Å²) in [6.45, 7) is -1.65. The highest BCUT2D eigenvalue weighted by Gasteiger charge is 2.56. The van der Waals surface area contributed by atoms with Crippen molar-refractivity contribution in [2.45, 2.75) is 36.7 Å². The Morgan fingerprint density at radius 2 is 1.76 bits per heavy atom. The molecule has 1 aromatic heterocycles. The first-order valence-electron chi connectivity index (χ1n) is 11.9. The predicted molar refractivity (Wildman–Crippen MR) is 132 cm³/mol. The summed E-state index contributed by atoms with van der Waals surface area (Å²) in [7, 11) is 0. The van der Waals surface area contributed by atoms with Crippen molar-refractivity contribution in [2.75, 3.05) is 13.2 Å². The molecule has 3 aromatic carbocycles. The Morgan fingerprint density at radius 1 is 1.03 bits per heavy atom. The summed E-state index contributed by atoms with van der Waals surface area (Å²) in [5.74, 6) is -2.89. The number of ether oxygens (including phenoxy) is 1. The molecule has 200 valence electrons. The molecule has 9 nitrogen and oxygen atoms in total. The molecule has 0 aliphatic carbocycles. The zero-order valence-electron chi connectivity index (χ0n) is 20.0. The number of carbonyl (C=O) groups excluding carboxylic acids is 1. The molecule has 38 heavy (non-hydrogen) atoms. The molecular formula is C27H26F2N2O7. The van der Waals surface area contributed by atoms with Gasteiger partial charge < -0.3 is 40.2 Å². The average molecular weight is 529 g/mol. The molecule has 1 saturated heterocycles. The number of carbonyl (C=O) groups is 1. The molecule has 1 fully saturated rings. The van der Waals surface area contributed by atoms with Crippen LogP contribution in [-0.4, -0.2) is 79.4 Å². The standard InChI is InChI=1S/C27H26F2N2O7/c28-17-8-19(29)22-18(25(36)30-27(13-33)24(35)23(34)21(12-32)38-26(27)37)11-31(20(22)9-17)10-14-5-6-15-3-1-2-4-16(15)7-14/h1-9,11,21,23-24,26,32-35,37H,10,12-13H2,(H,30,36)/t21-,23-,24+,26?,27-/m1/s1. The number of benzene rings is 3. The van der Waals surface area contributed by atoms with Crippen molar-refractivity contribution in [1.29, 1.82) is 0 Å². The predicted octanol–water partition coefficient (Wildman–Crippen LogP) is 1.01. The first-order valence-corrected chi connectivity index (χ1v) is 11.9. The molecule has 0 radical (unpaired) electrons. The van der Waals surface area contributed by atoms with Gasteiger partial charge in [-0.05, 0) is 28.5 Å². The quantitative estimate of drug-likeness (QED) is 0.219. The maximum absolute atomic E-state index is 15.0. The number of hydrogen-bond donors (Lipinski definition) is 6. The van der Waals surface area contributed by atoms with E-state index in [1.54, 1.807) is 0 Å². The van der Waals surface area contributed by atoms with Crippen molar-refractivity contribution in [1.82, 2.24) is 9.88 Å². The molecule has 1 aliphatic rings. The highest BCUT2D eigenvalue weighted by atomic mass is 19.1. The van der Waals surface area contributed by atoms with Gasteiger partial charge in [-0.3, -0.25) is 4.79 Å². The summed E-state index contributed by atoms with van der Waals surface area (Å²) in [4.78, 5) is 13.4. The normalized spacial score (nSPS) is 25.7.